The first-order valence-corrected chi connectivity index (χ1v) is 10.1. The van der Waals surface area contributed by atoms with Gasteiger partial charge in [-0.3, -0.25) is 4.90 Å². The fourth-order valence-corrected chi connectivity index (χ4v) is 4.57. The minimum Gasteiger partial charge on any atom is -1.00 e. The molecule has 1 aromatic carbocycles. The fourth-order valence-electron chi connectivity index (χ4n) is 4.57. The first-order chi connectivity index (χ1) is 13.0. The Bertz CT molecular complexity index is 613. The molecule has 2 unspecified atom stereocenters. The van der Waals surface area contributed by atoms with E-state index in [9.17, 15) is 0 Å². The summed E-state index contributed by atoms with van der Waals surface area (Å²) in [5.74, 6) is 2.35. The maximum Gasteiger partial charge on any atom is 0.164 e. The third-order valence-corrected chi connectivity index (χ3v) is 5.85. The van der Waals surface area contributed by atoms with Crippen molar-refractivity contribution in [3.05, 3.63) is 17.7 Å². The molecule has 0 bridgehead atoms. The van der Waals surface area contributed by atoms with Crippen molar-refractivity contribution in [3.63, 3.8) is 0 Å². The lowest BCUT2D eigenvalue weighted by molar-refractivity contribution is -0.919. The Morgan fingerprint density at radius 3 is 2.00 bits per heavy atom. The second-order valence-corrected chi connectivity index (χ2v) is 7.89. The number of ether oxygens (including phenoxy) is 4. The van der Waals surface area contributed by atoms with Gasteiger partial charge < -0.3 is 36.3 Å². The van der Waals surface area contributed by atoms with Crippen molar-refractivity contribution in [1.29, 1.82) is 0 Å². The largest absolute Gasteiger partial charge is 1.00 e. The molecule has 28 heavy (non-hydrogen) atoms. The second kappa shape index (κ2) is 10.5. The number of hydrogen-bond acceptors (Lipinski definition) is 5. The number of hydrogen-bond donors (Lipinski definition) is 1. The number of morpholine rings is 1. The summed E-state index contributed by atoms with van der Waals surface area (Å²) in [5.41, 5.74) is 1.18. The van der Waals surface area contributed by atoms with Crippen LogP contribution in [-0.4, -0.2) is 70.7 Å². The van der Waals surface area contributed by atoms with Gasteiger partial charge in [0.2, 0.25) is 0 Å². The summed E-state index contributed by atoms with van der Waals surface area (Å²) in [6.45, 7) is 9.82. The van der Waals surface area contributed by atoms with Crippen LogP contribution in [0, 0.1) is 0 Å². The molecular formula is C21H35ClN2O4. The van der Waals surface area contributed by atoms with E-state index in [0.29, 0.717) is 24.0 Å². The number of halogens is 1. The molecule has 1 aromatic rings. The fraction of sp³-hybridized carbons (Fsp3) is 0.714. The smallest absolute Gasteiger partial charge is 0.164 e. The Morgan fingerprint density at radius 1 is 0.929 bits per heavy atom. The predicted molar refractivity (Wildman–Crippen MR) is 105 cm³/mol. The lowest BCUT2D eigenvalue weighted by Crippen LogP contribution is -3.12. The van der Waals surface area contributed by atoms with Gasteiger partial charge in [0.1, 0.15) is 12.3 Å². The number of benzene rings is 1. The monoisotopic (exact) mass is 414 g/mol. The molecule has 2 aliphatic rings. The first-order valence-electron chi connectivity index (χ1n) is 10.1. The molecule has 2 fully saturated rings. The third-order valence-electron chi connectivity index (χ3n) is 5.85. The van der Waals surface area contributed by atoms with E-state index in [1.165, 1.54) is 31.5 Å². The quantitative estimate of drug-likeness (QED) is 0.606. The van der Waals surface area contributed by atoms with Crippen molar-refractivity contribution in [2.75, 3.05) is 47.5 Å². The Kier molecular flexibility index (Phi) is 8.68. The molecule has 2 heterocycles. The van der Waals surface area contributed by atoms with Gasteiger partial charge in [0.15, 0.2) is 11.5 Å². The zero-order valence-electron chi connectivity index (χ0n) is 17.8. The van der Waals surface area contributed by atoms with Gasteiger partial charge in [0.25, 0.3) is 0 Å². The van der Waals surface area contributed by atoms with E-state index in [4.69, 9.17) is 18.9 Å². The van der Waals surface area contributed by atoms with Crippen LogP contribution in [0.2, 0.25) is 0 Å². The maximum absolute atomic E-state index is 5.89. The standard InChI is InChI=1S/C21H34N2O4.ClH/c1-15-12-23(13-16(2)27-15)18-6-8-22(9-7-18)14-17-10-20(25-4)21(26-5)11-19(17)24-3;/h10-11,15-16,18H,6-9,12-14H2,1-5H3;1H. The Hall–Kier alpha value is -1.21. The minimum absolute atomic E-state index is 0. The van der Waals surface area contributed by atoms with Gasteiger partial charge in [-0.25, -0.2) is 0 Å². The van der Waals surface area contributed by atoms with Crippen LogP contribution in [0.3, 0.4) is 0 Å². The Morgan fingerprint density at radius 2 is 1.46 bits per heavy atom. The molecule has 0 amide bonds. The van der Waals surface area contributed by atoms with Gasteiger partial charge in [-0.1, -0.05) is 0 Å². The van der Waals surface area contributed by atoms with Crippen LogP contribution in [0.5, 0.6) is 17.2 Å². The van der Waals surface area contributed by atoms with Crippen molar-refractivity contribution in [3.8, 4) is 17.2 Å². The molecule has 0 saturated carbocycles. The number of likely N-dealkylation sites (tertiary alicyclic amines) is 1. The molecule has 2 aliphatic heterocycles. The summed E-state index contributed by atoms with van der Waals surface area (Å²) in [4.78, 5) is 4.25. The topological polar surface area (TPSA) is 44.6 Å². The van der Waals surface area contributed by atoms with Gasteiger partial charge in [-0.05, 0) is 19.9 Å². The van der Waals surface area contributed by atoms with Crippen LogP contribution in [-0.2, 0) is 11.3 Å². The number of nitrogens with one attached hydrogen (secondary N) is 1. The average Bonchev–Trinajstić information content (AvgIpc) is 2.67. The van der Waals surface area contributed by atoms with Crippen molar-refractivity contribution in [1.82, 2.24) is 4.90 Å². The van der Waals surface area contributed by atoms with Crippen LogP contribution in [0.15, 0.2) is 12.1 Å². The molecule has 0 aliphatic carbocycles. The van der Waals surface area contributed by atoms with Gasteiger partial charge >= 0.3 is 0 Å². The van der Waals surface area contributed by atoms with E-state index in [1.807, 2.05) is 6.07 Å². The second-order valence-electron chi connectivity index (χ2n) is 7.89. The molecule has 160 valence electrons. The zero-order chi connectivity index (χ0) is 19.4. The van der Waals surface area contributed by atoms with Gasteiger partial charge in [0, 0.05) is 38.0 Å². The number of piperidine rings is 1. The molecule has 1 N–H and O–H groups in total. The number of methoxy groups -OCH3 is 3. The SMILES string of the molecule is COc1cc(OC)c(OC)cc1C[NH+]1CCC(N2CC(C)OC(C)C2)CC1.[Cl-]. The van der Waals surface area contributed by atoms with Crippen molar-refractivity contribution in [2.24, 2.45) is 0 Å². The highest BCUT2D eigenvalue weighted by Crippen LogP contribution is 2.34. The van der Waals surface area contributed by atoms with Crippen LogP contribution >= 0.6 is 0 Å². The summed E-state index contributed by atoms with van der Waals surface area (Å²) < 4.78 is 22.4. The number of nitrogens with zero attached hydrogens (tertiary/aromatic N) is 1. The molecule has 7 heteroatoms. The summed E-state index contributed by atoms with van der Waals surface area (Å²) in [5, 5.41) is 0. The minimum atomic E-state index is 0. The van der Waals surface area contributed by atoms with E-state index < -0.39 is 0 Å². The zero-order valence-corrected chi connectivity index (χ0v) is 18.6. The van der Waals surface area contributed by atoms with Crippen LogP contribution in [0.25, 0.3) is 0 Å². The summed E-state index contributed by atoms with van der Waals surface area (Å²) >= 11 is 0. The average molecular weight is 415 g/mol. The lowest BCUT2D eigenvalue weighted by atomic mass is 10.0. The highest BCUT2D eigenvalue weighted by molar-refractivity contribution is 5.50. The van der Waals surface area contributed by atoms with Gasteiger partial charge in [0.05, 0.1) is 52.2 Å². The predicted octanol–water partition coefficient (Wildman–Crippen LogP) is -1.63. The van der Waals surface area contributed by atoms with Crippen LogP contribution in [0.4, 0.5) is 0 Å². The molecule has 2 saturated heterocycles. The maximum atomic E-state index is 5.89. The lowest BCUT2D eigenvalue weighted by Gasteiger charge is -2.42. The van der Waals surface area contributed by atoms with Crippen molar-refractivity contribution in [2.45, 2.75) is 51.5 Å². The van der Waals surface area contributed by atoms with E-state index in [1.54, 1.807) is 26.2 Å². The first kappa shape index (κ1) is 23.1. The molecular weight excluding hydrogens is 380 g/mol. The van der Waals surface area contributed by atoms with Crippen molar-refractivity contribution >= 4 is 0 Å². The van der Waals surface area contributed by atoms with Crippen molar-refractivity contribution < 1.29 is 36.3 Å². The normalized spacial score (nSPS) is 28.3. The summed E-state index contributed by atoms with van der Waals surface area (Å²) in [6.07, 6.45) is 3.17. The highest BCUT2D eigenvalue weighted by Gasteiger charge is 2.32. The molecule has 0 spiro atoms. The molecule has 0 aromatic heterocycles. The molecule has 6 nitrogen and oxygen atoms in total. The third kappa shape index (κ3) is 5.44. The van der Waals surface area contributed by atoms with Gasteiger partial charge in [-0.15, -0.1) is 0 Å². The Labute approximate surface area is 175 Å². The molecule has 2 atom stereocenters. The van der Waals surface area contributed by atoms with Gasteiger partial charge in [-0.2, -0.15) is 0 Å². The summed E-state index contributed by atoms with van der Waals surface area (Å²) in [6, 6.07) is 4.67. The number of rotatable bonds is 6. The number of quaternary nitrogens is 1. The van der Waals surface area contributed by atoms with Crippen LogP contribution in [0.1, 0.15) is 32.3 Å². The summed E-state index contributed by atoms with van der Waals surface area (Å²) in [7, 11) is 5.05. The molecule has 3 rings (SSSR count). The van der Waals surface area contributed by atoms with E-state index in [0.717, 1.165) is 31.1 Å². The highest BCUT2D eigenvalue weighted by atomic mass is 35.5. The Balaban J connectivity index is 0.00000280. The molecule has 0 radical (unpaired) electrons. The van der Waals surface area contributed by atoms with E-state index in [2.05, 4.69) is 24.8 Å². The van der Waals surface area contributed by atoms with Crippen LogP contribution < -0.4 is 31.5 Å². The van der Waals surface area contributed by atoms with E-state index >= 15 is 0 Å². The van der Waals surface area contributed by atoms with E-state index in [-0.39, 0.29) is 12.4 Å².